The first-order chi connectivity index (χ1) is 22.1. The molecule has 0 fully saturated rings. The number of nitrogens with one attached hydrogen (secondary N) is 1. The third-order valence-electron chi connectivity index (χ3n) is 7.28. The van der Waals surface area contributed by atoms with Crippen LogP contribution in [-0.4, -0.2) is 49.1 Å². The van der Waals surface area contributed by atoms with Crippen LogP contribution in [0.3, 0.4) is 0 Å². The molecule has 46 heavy (non-hydrogen) atoms. The van der Waals surface area contributed by atoms with Gasteiger partial charge >= 0.3 is 0 Å². The summed E-state index contributed by atoms with van der Waals surface area (Å²) in [5.41, 5.74) is 2.18. The van der Waals surface area contributed by atoms with Crippen LogP contribution < -0.4 is 14.8 Å². The number of rotatable bonds is 13. The molecule has 0 radical (unpaired) electrons. The molecule has 1 amide bonds. The summed E-state index contributed by atoms with van der Waals surface area (Å²) in [6.07, 6.45) is -1.58. The third-order valence-corrected chi connectivity index (χ3v) is 9.48. The number of hydrogen-bond acceptors (Lipinski definition) is 6. The van der Waals surface area contributed by atoms with Gasteiger partial charge in [0.25, 0.3) is 6.43 Å². The maximum atomic E-state index is 14.6. The lowest BCUT2D eigenvalue weighted by molar-refractivity contribution is -0.115. The topological polar surface area (TPSA) is 103 Å². The number of aromatic nitrogens is 2. The molecule has 1 aromatic heterocycles. The maximum Gasteiger partial charge on any atom is 0.257 e. The minimum Gasteiger partial charge on any atom is -0.497 e. The van der Waals surface area contributed by atoms with Crippen molar-refractivity contribution in [2.24, 2.45) is 0 Å². The first-order valence-corrected chi connectivity index (χ1v) is 16.0. The zero-order valence-corrected chi connectivity index (χ0v) is 26.6. The number of alkyl halides is 2. The van der Waals surface area contributed by atoms with Crippen molar-refractivity contribution in [1.82, 2.24) is 14.1 Å². The fourth-order valence-electron chi connectivity index (χ4n) is 4.96. The number of halogens is 3. The number of fused-ring (bicyclic) bond motifs is 1. The lowest BCUT2D eigenvalue weighted by Crippen LogP contribution is -2.30. The van der Waals surface area contributed by atoms with Gasteiger partial charge in [0, 0.05) is 29.2 Å². The Hall–Kier alpha value is -4.52. The van der Waals surface area contributed by atoms with E-state index in [1.54, 1.807) is 72.8 Å². The summed E-state index contributed by atoms with van der Waals surface area (Å²) in [5.74, 6) is 0.757. The van der Waals surface area contributed by atoms with Gasteiger partial charge in [-0.25, -0.2) is 17.2 Å². The first kappa shape index (κ1) is 32.9. The Kier molecular flexibility index (Phi) is 10.2. The number of nitrogens with zero attached hydrogens (tertiary/aromatic N) is 3. The molecular weight excluding hydrogens is 638 g/mol. The van der Waals surface area contributed by atoms with E-state index < -0.39 is 28.9 Å². The van der Waals surface area contributed by atoms with Crippen molar-refractivity contribution in [3.63, 3.8) is 0 Å². The van der Waals surface area contributed by atoms with Gasteiger partial charge in [-0.15, -0.1) is 0 Å². The van der Waals surface area contributed by atoms with E-state index in [4.69, 9.17) is 21.1 Å². The minimum absolute atomic E-state index is 0.0197. The second-order valence-electron chi connectivity index (χ2n) is 10.4. The smallest absolute Gasteiger partial charge is 0.257 e. The van der Waals surface area contributed by atoms with Crippen LogP contribution in [0.5, 0.6) is 11.5 Å². The third kappa shape index (κ3) is 7.64. The largest absolute Gasteiger partial charge is 0.497 e. The zero-order chi connectivity index (χ0) is 32.8. The van der Waals surface area contributed by atoms with Crippen molar-refractivity contribution in [1.29, 1.82) is 0 Å². The summed E-state index contributed by atoms with van der Waals surface area (Å²) in [6.45, 7) is -0.802. The quantitative estimate of drug-likeness (QED) is 0.153. The van der Waals surface area contributed by atoms with Crippen LogP contribution >= 0.6 is 11.6 Å². The van der Waals surface area contributed by atoms with Gasteiger partial charge in [0.15, 0.2) is 0 Å². The van der Waals surface area contributed by atoms with Gasteiger partial charge in [-0.1, -0.05) is 54.1 Å². The Morgan fingerprint density at radius 1 is 0.935 bits per heavy atom. The lowest BCUT2D eigenvalue weighted by Gasteiger charge is -2.24. The number of benzene rings is 4. The second-order valence-corrected chi connectivity index (χ2v) is 12.7. The van der Waals surface area contributed by atoms with Gasteiger partial charge in [-0.3, -0.25) is 9.48 Å². The van der Waals surface area contributed by atoms with Crippen molar-refractivity contribution in [2.45, 2.75) is 37.4 Å². The highest BCUT2D eigenvalue weighted by Gasteiger charge is 2.29. The Morgan fingerprint density at radius 2 is 1.52 bits per heavy atom. The van der Waals surface area contributed by atoms with Crippen molar-refractivity contribution < 1.29 is 31.5 Å². The number of sulfonamides is 1. The van der Waals surface area contributed by atoms with Crippen LogP contribution in [-0.2, 0) is 40.9 Å². The van der Waals surface area contributed by atoms with Gasteiger partial charge in [0.05, 0.1) is 37.2 Å². The fourth-order valence-corrected chi connectivity index (χ4v) is 6.79. The number of carbonyl (C=O) groups excluding carboxylic acids is 1. The van der Waals surface area contributed by atoms with Gasteiger partial charge in [0.2, 0.25) is 15.9 Å². The molecule has 5 rings (SSSR count). The number of anilines is 1. The molecule has 0 unspecified atom stereocenters. The van der Waals surface area contributed by atoms with Crippen LogP contribution in [0.25, 0.3) is 10.9 Å². The Balaban J connectivity index is 1.58. The number of ether oxygens (including phenoxy) is 2. The average Bonchev–Trinajstić information content (AvgIpc) is 3.43. The van der Waals surface area contributed by atoms with E-state index in [9.17, 15) is 22.0 Å². The Labute approximate surface area is 270 Å². The van der Waals surface area contributed by atoms with Crippen molar-refractivity contribution in [2.75, 3.05) is 19.5 Å². The molecule has 0 atom stereocenters. The van der Waals surface area contributed by atoms with E-state index in [1.807, 2.05) is 0 Å². The molecule has 9 nitrogen and oxygen atoms in total. The van der Waals surface area contributed by atoms with Crippen LogP contribution in [0.4, 0.5) is 14.5 Å². The van der Waals surface area contributed by atoms with Crippen molar-refractivity contribution in [3.8, 4) is 11.5 Å². The van der Waals surface area contributed by atoms with E-state index in [0.717, 1.165) is 4.68 Å². The molecule has 5 aromatic rings. The van der Waals surface area contributed by atoms with Crippen LogP contribution in [0.15, 0.2) is 96.0 Å². The molecule has 1 N–H and O–H groups in total. The second kappa shape index (κ2) is 14.3. The normalized spacial score (nSPS) is 11.7. The van der Waals surface area contributed by atoms with Gasteiger partial charge in [-0.2, -0.15) is 9.40 Å². The highest BCUT2D eigenvalue weighted by Crippen LogP contribution is 2.32. The molecule has 0 aliphatic heterocycles. The molecule has 240 valence electrons. The van der Waals surface area contributed by atoms with E-state index in [0.29, 0.717) is 33.2 Å². The predicted octanol–water partition coefficient (Wildman–Crippen LogP) is 6.54. The first-order valence-electron chi connectivity index (χ1n) is 14.1. The maximum absolute atomic E-state index is 14.6. The molecule has 0 saturated heterocycles. The van der Waals surface area contributed by atoms with Gasteiger partial charge in [-0.05, 0) is 59.2 Å². The molecule has 0 aliphatic carbocycles. The number of hydrogen-bond donors (Lipinski definition) is 1. The predicted molar refractivity (Wildman–Crippen MR) is 172 cm³/mol. The summed E-state index contributed by atoms with van der Waals surface area (Å²) < 4.78 is 68.9. The summed E-state index contributed by atoms with van der Waals surface area (Å²) in [7, 11) is -1.26. The van der Waals surface area contributed by atoms with Crippen LogP contribution in [0, 0.1) is 0 Å². The van der Waals surface area contributed by atoms with Gasteiger partial charge < -0.3 is 14.8 Å². The number of amides is 1. The lowest BCUT2D eigenvalue weighted by atomic mass is 10.1. The molecule has 0 spiro atoms. The van der Waals surface area contributed by atoms with E-state index in [1.165, 1.54) is 36.9 Å². The van der Waals surface area contributed by atoms with Crippen LogP contribution in [0.1, 0.15) is 16.7 Å². The molecule has 0 saturated carbocycles. The van der Waals surface area contributed by atoms with E-state index in [2.05, 4.69) is 10.4 Å². The molecular formula is C33H31ClF2N4O5S. The van der Waals surface area contributed by atoms with Crippen molar-refractivity contribution >= 4 is 44.1 Å². The Bertz CT molecular complexity index is 1890. The standard InChI is InChI=1S/C33H31ClF2N4O5S/c1-44-26-11-7-22(8-12-26)19-39(20-23-9-13-27(45-2)14-10-23)46(42,43)31-17-25(16-30-28(31)18-37-40(30)21-32(35)36)38-33(41)15-24-5-3-4-6-29(24)34/h3-14,16-18,32H,15,19-21H2,1-2H3,(H,38,41). The Morgan fingerprint density at radius 3 is 2.07 bits per heavy atom. The molecule has 0 aliphatic rings. The fraction of sp³-hybridized carbons (Fsp3) is 0.212. The van der Waals surface area contributed by atoms with E-state index >= 15 is 0 Å². The summed E-state index contributed by atoms with van der Waals surface area (Å²) in [4.78, 5) is 12.9. The van der Waals surface area contributed by atoms with Crippen LogP contribution in [0.2, 0.25) is 5.02 Å². The number of methoxy groups -OCH3 is 2. The SMILES string of the molecule is COc1ccc(CN(Cc2ccc(OC)cc2)S(=O)(=O)c2cc(NC(=O)Cc3ccccc3Cl)cc3c2cnn3CC(F)F)cc1. The summed E-state index contributed by atoms with van der Waals surface area (Å²) >= 11 is 6.23. The number of carbonyl (C=O) groups is 1. The summed E-state index contributed by atoms with van der Waals surface area (Å²) in [6, 6.07) is 23.6. The average molecular weight is 669 g/mol. The molecule has 0 bridgehead atoms. The minimum atomic E-state index is -4.34. The highest BCUT2D eigenvalue weighted by atomic mass is 35.5. The summed E-state index contributed by atoms with van der Waals surface area (Å²) in [5, 5.41) is 7.33. The monoisotopic (exact) mass is 668 g/mol. The molecule has 1 heterocycles. The van der Waals surface area contributed by atoms with Crippen molar-refractivity contribution in [3.05, 3.63) is 113 Å². The highest BCUT2D eigenvalue weighted by molar-refractivity contribution is 7.89. The molecule has 13 heteroatoms. The van der Waals surface area contributed by atoms with E-state index in [-0.39, 0.29) is 41.0 Å². The van der Waals surface area contributed by atoms with Gasteiger partial charge in [0.1, 0.15) is 18.0 Å². The zero-order valence-electron chi connectivity index (χ0n) is 25.0. The molecule has 4 aromatic carbocycles.